The van der Waals surface area contributed by atoms with Crippen LogP contribution in [0.15, 0.2) is 6.20 Å². The zero-order valence-electron chi connectivity index (χ0n) is 3.87. The van der Waals surface area contributed by atoms with Crippen LogP contribution in [0.3, 0.4) is 0 Å². The first-order valence-corrected chi connectivity index (χ1v) is 2.97. The van der Waals surface area contributed by atoms with Crippen molar-refractivity contribution < 1.29 is 0 Å². The topological polar surface area (TPSA) is 64.7 Å². The van der Waals surface area contributed by atoms with Gasteiger partial charge in [-0.2, -0.15) is 0 Å². The van der Waals surface area contributed by atoms with Gasteiger partial charge >= 0.3 is 0 Å². The third kappa shape index (κ3) is 1.25. The van der Waals surface area contributed by atoms with Crippen LogP contribution in [0.2, 0.25) is 0 Å². The first-order chi connectivity index (χ1) is 3.79. The van der Waals surface area contributed by atoms with Crippen molar-refractivity contribution in [2.45, 2.75) is 0 Å². The van der Waals surface area contributed by atoms with E-state index in [-0.39, 0.29) is 0 Å². The smallest absolute Gasteiger partial charge is 0.212 e. The van der Waals surface area contributed by atoms with Gasteiger partial charge in [-0.1, -0.05) is 0 Å². The highest BCUT2D eigenvalue weighted by Crippen LogP contribution is 1.93. The lowest BCUT2D eigenvalue weighted by Gasteiger charge is -1.85. The van der Waals surface area contributed by atoms with Crippen LogP contribution in [0, 0.1) is 3.83 Å². The zero-order valence-corrected chi connectivity index (χ0v) is 6.03. The maximum Gasteiger partial charge on any atom is 0.212 e. The number of nitrogens with two attached hydrogens (primary N) is 1. The summed E-state index contributed by atoms with van der Waals surface area (Å²) < 4.78 is 0.608. The molecule has 1 rings (SSSR count). The Hall–Kier alpha value is -0.460. The van der Waals surface area contributed by atoms with Crippen molar-refractivity contribution >= 4 is 28.4 Å². The maximum atomic E-state index is 5.19. The average Bonchev–Trinajstić information content (AvgIpc) is 1.77. The highest BCUT2D eigenvalue weighted by atomic mass is 127. The van der Waals surface area contributed by atoms with Gasteiger partial charge in [0, 0.05) is 22.6 Å². The van der Waals surface area contributed by atoms with E-state index in [0.29, 0.717) is 9.65 Å². The second-order valence-corrected chi connectivity index (χ2v) is 2.12. The quantitative estimate of drug-likeness (QED) is 0.630. The summed E-state index contributed by atoms with van der Waals surface area (Å²) in [6, 6.07) is 0. The number of halogens is 1. The van der Waals surface area contributed by atoms with Crippen LogP contribution in [0.4, 0.5) is 5.82 Å². The van der Waals surface area contributed by atoms with Gasteiger partial charge in [0.1, 0.15) is 0 Å². The summed E-state index contributed by atoms with van der Waals surface area (Å²) in [5, 5.41) is 7.12. The number of hydrogen-bond donors (Lipinski definition) is 1. The Morgan fingerprint density at radius 2 is 2.25 bits per heavy atom. The predicted octanol–water partition coefficient (Wildman–Crippen LogP) is 0.0584. The van der Waals surface area contributed by atoms with E-state index in [1.807, 2.05) is 22.6 Å². The summed E-state index contributed by atoms with van der Waals surface area (Å²) in [5.74, 6) is 0.352. The monoisotopic (exact) mass is 222 g/mol. The first-order valence-electron chi connectivity index (χ1n) is 1.90. The molecule has 0 aliphatic heterocycles. The molecule has 0 fully saturated rings. The first kappa shape index (κ1) is 5.67. The summed E-state index contributed by atoms with van der Waals surface area (Å²) in [4.78, 5) is 3.77. The van der Waals surface area contributed by atoms with Gasteiger partial charge in [0.2, 0.25) is 3.83 Å². The molecule has 0 bridgehead atoms. The average molecular weight is 222 g/mol. The molecule has 0 aliphatic rings. The molecule has 1 aromatic rings. The number of nitrogens with zero attached hydrogens (tertiary/aromatic N) is 3. The summed E-state index contributed by atoms with van der Waals surface area (Å²) in [6.07, 6.45) is 1.47. The highest BCUT2D eigenvalue weighted by Gasteiger charge is 1.86. The predicted molar refractivity (Wildman–Crippen MR) is 37.0 cm³/mol. The molecule has 0 radical (unpaired) electrons. The lowest BCUT2D eigenvalue weighted by atomic mass is 10.8. The Morgan fingerprint density at radius 1 is 1.50 bits per heavy atom. The fourth-order valence-corrected chi connectivity index (χ4v) is 0.517. The molecule has 0 unspecified atom stereocenters. The van der Waals surface area contributed by atoms with E-state index >= 15 is 0 Å². The fraction of sp³-hybridized carbons (Fsp3) is 0. The molecular formula is C3H3IN4. The van der Waals surface area contributed by atoms with Crippen molar-refractivity contribution in [2.75, 3.05) is 5.73 Å². The van der Waals surface area contributed by atoms with Gasteiger partial charge in [-0.25, -0.2) is 4.98 Å². The van der Waals surface area contributed by atoms with Crippen LogP contribution < -0.4 is 5.73 Å². The summed E-state index contributed by atoms with van der Waals surface area (Å²) >= 11 is 1.96. The highest BCUT2D eigenvalue weighted by molar-refractivity contribution is 14.1. The van der Waals surface area contributed by atoms with Gasteiger partial charge in [0.05, 0.1) is 6.20 Å². The molecule has 0 saturated carbocycles. The van der Waals surface area contributed by atoms with Crippen LogP contribution >= 0.6 is 22.6 Å². The molecule has 5 heteroatoms. The number of aromatic nitrogens is 3. The molecule has 42 valence electrons. The number of hydrogen-bond acceptors (Lipinski definition) is 4. The Balaban J connectivity index is 3.03. The molecule has 0 spiro atoms. The number of anilines is 1. The Labute approximate surface area is 59.7 Å². The normalized spacial score (nSPS) is 9.12. The van der Waals surface area contributed by atoms with Crippen molar-refractivity contribution in [2.24, 2.45) is 0 Å². The van der Waals surface area contributed by atoms with Gasteiger partial charge in [0.25, 0.3) is 0 Å². The molecule has 0 aromatic carbocycles. The molecule has 0 aliphatic carbocycles. The molecule has 4 nitrogen and oxygen atoms in total. The number of nitrogen functional groups attached to an aromatic ring is 1. The van der Waals surface area contributed by atoms with Crippen molar-refractivity contribution in [3.05, 3.63) is 10.0 Å². The molecule has 1 aromatic heterocycles. The molecule has 0 amide bonds. The van der Waals surface area contributed by atoms with E-state index in [1.54, 1.807) is 0 Å². The molecule has 2 N–H and O–H groups in total. The van der Waals surface area contributed by atoms with Crippen molar-refractivity contribution in [3.8, 4) is 0 Å². The molecule has 0 atom stereocenters. The Morgan fingerprint density at radius 3 is 2.62 bits per heavy atom. The van der Waals surface area contributed by atoms with E-state index in [4.69, 9.17) is 5.73 Å². The van der Waals surface area contributed by atoms with Gasteiger partial charge in [-0.05, 0) is 0 Å². The standard InChI is InChI=1S/C3H3IN4/c4-3-6-1-2(5)7-8-3/h1H,(H2,5,7). The summed E-state index contributed by atoms with van der Waals surface area (Å²) in [5.41, 5.74) is 5.19. The molecule has 1 heterocycles. The van der Waals surface area contributed by atoms with E-state index in [9.17, 15) is 0 Å². The van der Waals surface area contributed by atoms with Crippen molar-refractivity contribution in [3.63, 3.8) is 0 Å². The summed E-state index contributed by atoms with van der Waals surface area (Å²) in [7, 11) is 0. The van der Waals surface area contributed by atoms with Gasteiger partial charge in [0.15, 0.2) is 5.82 Å². The van der Waals surface area contributed by atoms with E-state index in [1.165, 1.54) is 6.20 Å². The lowest BCUT2D eigenvalue weighted by molar-refractivity contribution is 0.941. The van der Waals surface area contributed by atoms with Crippen molar-refractivity contribution in [1.29, 1.82) is 0 Å². The largest absolute Gasteiger partial charge is 0.381 e. The van der Waals surface area contributed by atoms with Crippen LogP contribution in [-0.4, -0.2) is 15.2 Å². The SMILES string of the molecule is Nc1cnc(I)nn1. The Bertz CT molecular complexity index is 150. The van der Waals surface area contributed by atoms with Crippen LogP contribution in [0.5, 0.6) is 0 Å². The fourth-order valence-electron chi connectivity index (χ4n) is 0.270. The van der Waals surface area contributed by atoms with Crippen LogP contribution in [0.1, 0.15) is 0 Å². The Kier molecular flexibility index (Phi) is 1.56. The second kappa shape index (κ2) is 2.21. The minimum Gasteiger partial charge on any atom is -0.381 e. The number of rotatable bonds is 0. The minimum absolute atomic E-state index is 0.352. The van der Waals surface area contributed by atoms with Gasteiger partial charge in [-0.15, -0.1) is 10.2 Å². The maximum absolute atomic E-state index is 5.19. The van der Waals surface area contributed by atoms with Crippen LogP contribution in [0.25, 0.3) is 0 Å². The van der Waals surface area contributed by atoms with Gasteiger partial charge < -0.3 is 5.73 Å². The van der Waals surface area contributed by atoms with Crippen molar-refractivity contribution in [1.82, 2.24) is 15.2 Å². The van der Waals surface area contributed by atoms with Gasteiger partial charge in [-0.3, -0.25) is 0 Å². The molecular weight excluding hydrogens is 219 g/mol. The van der Waals surface area contributed by atoms with Crippen LogP contribution in [-0.2, 0) is 0 Å². The third-order valence-corrected chi connectivity index (χ3v) is 1.05. The zero-order chi connectivity index (χ0) is 5.98. The van der Waals surface area contributed by atoms with E-state index in [0.717, 1.165) is 0 Å². The van der Waals surface area contributed by atoms with E-state index < -0.39 is 0 Å². The molecule has 8 heavy (non-hydrogen) atoms. The second-order valence-electron chi connectivity index (χ2n) is 1.15. The lowest BCUT2D eigenvalue weighted by Crippen LogP contribution is -1.95. The van der Waals surface area contributed by atoms with E-state index in [2.05, 4.69) is 15.2 Å². The summed E-state index contributed by atoms with van der Waals surface area (Å²) in [6.45, 7) is 0. The third-order valence-electron chi connectivity index (χ3n) is 0.551. The minimum atomic E-state index is 0.352. The molecule has 0 saturated heterocycles.